The molecule has 0 unspecified atom stereocenters. The molecule has 0 radical (unpaired) electrons. The Morgan fingerprint density at radius 2 is 2.00 bits per heavy atom. The van der Waals surface area contributed by atoms with Crippen LogP contribution in [0.3, 0.4) is 0 Å². The highest BCUT2D eigenvalue weighted by molar-refractivity contribution is 7.10. The minimum Gasteiger partial charge on any atom is -0.493 e. The fourth-order valence-corrected chi connectivity index (χ4v) is 2.47. The number of rotatable bonds is 5. The minimum absolute atomic E-state index is 0.119. The Hall–Kier alpha value is -2.21. The number of hydrogen-bond acceptors (Lipinski definition) is 5. The molecule has 0 saturated heterocycles. The van der Waals surface area contributed by atoms with Gasteiger partial charge in [0, 0.05) is 17.0 Å². The Bertz CT molecular complexity index is 597. The molecule has 0 atom stereocenters. The topological polar surface area (TPSA) is 73.6 Å². The lowest BCUT2D eigenvalue weighted by Gasteiger charge is -2.13. The SMILES string of the molecule is COc1cc(N)c(NC(=O)Cc2cccs2)cc1OC. The fourth-order valence-electron chi connectivity index (χ4n) is 1.77. The number of carbonyl (C=O) groups is 1. The highest BCUT2D eigenvalue weighted by Gasteiger charge is 2.12. The van der Waals surface area contributed by atoms with Gasteiger partial charge in [-0.2, -0.15) is 0 Å². The van der Waals surface area contributed by atoms with Crippen LogP contribution >= 0.6 is 11.3 Å². The van der Waals surface area contributed by atoms with Crippen LogP contribution in [0.2, 0.25) is 0 Å². The summed E-state index contributed by atoms with van der Waals surface area (Å²) in [7, 11) is 3.07. The highest BCUT2D eigenvalue weighted by atomic mass is 32.1. The Balaban J connectivity index is 2.14. The van der Waals surface area contributed by atoms with E-state index >= 15 is 0 Å². The molecular weight excluding hydrogens is 276 g/mol. The minimum atomic E-state index is -0.119. The molecule has 0 fully saturated rings. The Morgan fingerprint density at radius 1 is 1.30 bits per heavy atom. The summed E-state index contributed by atoms with van der Waals surface area (Å²) in [6.45, 7) is 0. The Kier molecular flexibility index (Phi) is 4.47. The zero-order chi connectivity index (χ0) is 14.5. The molecule has 1 amide bonds. The van der Waals surface area contributed by atoms with Crippen LogP contribution in [0.1, 0.15) is 4.88 Å². The number of amides is 1. The van der Waals surface area contributed by atoms with Crippen molar-refractivity contribution in [3.63, 3.8) is 0 Å². The smallest absolute Gasteiger partial charge is 0.229 e. The standard InChI is InChI=1S/C14H16N2O3S/c1-18-12-7-10(15)11(8-13(12)19-2)16-14(17)6-9-4-3-5-20-9/h3-5,7-8H,6,15H2,1-2H3,(H,16,17). The van der Waals surface area contributed by atoms with E-state index < -0.39 is 0 Å². The number of anilines is 2. The van der Waals surface area contributed by atoms with E-state index in [1.165, 1.54) is 14.2 Å². The van der Waals surface area contributed by atoms with Crippen LogP contribution < -0.4 is 20.5 Å². The van der Waals surface area contributed by atoms with Crippen LogP contribution in [0.25, 0.3) is 0 Å². The van der Waals surface area contributed by atoms with Crippen LogP contribution in [-0.4, -0.2) is 20.1 Å². The summed E-state index contributed by atoms with van der Waals surface area (Å²) in [6.07, 6.45) is 0.325. The number of nitrogens with one attached hydrogen (secondary N) is 1. The van der Waals surface area contributed by atoms with Crippen molar-refractivity contribution in [1.82, 2.24) is 0 Å². The maximum Gasteiger partial charge on any atom is 0.229 e. The van der Waals surface area contributed by atoms with Crippen LogP contribution in [0, 0.1) is 0 Å². The van der Waals surface area contributed by atoms with Crippen LogP contribution in [0.15, 0.2) is 29.6 Å². The molecule has 3 N–H and O–H groups in total. The molecule has 0 spiro atoms. The molecule has 0 bridgehead atoms. The first-order valence-electron chi connectivity index (χ1n) is 5.97. The zero-order valence-corrected chi connectivity index (χ0v) is 12.1. The normalized spacial score (nSPS) is 10.1. The quantitative estimate of drug-likeness (QED) is 0.831. The average Bonchev–Trinajstić information content (AvgIpc) is 2.93. The van der Waals surface area contributed by atoms with Gasteiger partial charge in [-0.05, 0) is 11.4 Å². The van der Waals surface area contributed by atoms with Gasteiger partial charge in [-0.25, -0.2) is 0 Å². The van der Waals surface area contributed by atoms with Crippen molar-refractivity contribution >= 4 is 28.6 Å². The molecule has 1 heterocycles. The van der Waals surface area contributed by atoms with Gasteiger partial charge in [0.25, 0.3) is 0 Å². The molecule has 2 aromatic rings. The van der Waals surface area contributed by atoms with Gasteiger partial charge in [0.2, 0.25) is 5.91 Å². The van der Waals surface area contributed by atoms with E-state index in [9.17, 15) is 4.79 Å². The van der Waals surface area contributed by atoms with Crippen molar-refractivity contribution in [2.24, 2.45) is 0 Å². The van der Waals surface area contributed by atoms with Crippen molar-refractivity contribution in [3.8, 4) is 11.5 Å². The Morgan fingerprint density at radius 3 is 2.60 bits per heavy atom. The largest absolute Gasteiger partial charge is 0.493 e. The molecule has 2 rings (SSSR count). The lowest BCUT2D eigenvalue weighted by molar-refractivity contribution is -0.115. The molecule has 0 aliphatic rings. The average molecular weight is 292 g/mol. The van der Waals surface area contributed by atoms with Crippen molar-refractivity contribution in [2.75, 3.05) is 25.3 Å². The number of thiophene rings is 1. The maximum atomic E-state index is 12.0. The molecule has 1 aromatic heterocycles. The van der Waals surface area contributed by atoms with E-state index in [-0.39, 0.29) is 5.91 Å². The molecule has 0 aliphatic heterocycles. The predicted octanol–water partition coefficient (Wildman–Crippen LogP) is 2.53. The summed E-state index contributed by atoms with van der Waals surface area (Å²) in [5.41, 5.74) is 6.84. The number of carbonyl (C=O) groups excluding carboxylic acids is 1. The number of methoxy groups -OCH3 is 2. The van der Waals surface area contributed by atoms with Gasteiger partial charge < -0.3 is 20.5 Å². The lowest BCUT2D eigenvalue weighted by atomic mass is 10.2. The molecule has 20 heavy (non-hydrogen) atoms. The molecule has 0 aliphatic carbocycles. The van der Waals surface area contributed by atoms with Crippen molar-refractivity contribution < 1.29 is 14.3 Å². The fraction of sp³-hybridized carbons (Fsp3) is 0.214. The second kappa shape index (κ2) is 6.29. The van der Waals surface area contributed by atoms with Gasteiger partial charge in [-0.3, -0.25) is 4.79 Å². The van der Waals surface area contributed by atoms with Crippen molar-refractivity contribution in [2.45, 2.75) is 6.42 Å². The third-order valence-corrected chi connectivity index (χ3v) is 3.62. The number of nitrogen functional groups attached to an aromatic ring is 1. The lowest BCUT2D eigenvalue weighted by Crippen LogP contribution is -2.15. The number of benzene rings is 1. The van der Waals surface area contributed by atoms with E-state index in [1.807, 2.05) is 17.5 Å². The van der Waals surface area contributed by atoms with Crippen LogP contribution in [0.4, 0.5) is 11.4 Å². The maximum absolute atomic E-state index is 12.0. The third kappa shape index (κ3) is 3.21. The predicted molar refractivity (Wildman–Crippen MR) is 80.6 cm³/mol. The first-order chi connectivity index (χ1) is 9.63. The van der Waals surface area contributed by atoms with Gasteiger partial charge in [-0.15, -0.1) is 11.3 Å². The van der Waals surface area contributed by atoms with E-state index in [0.717, 1.165) is 4.88 Å². The molecular formula is C14H16N2O3S. The monoisotopic (exact) mass is 292 g/mol. The first kappa shape index (κ1) is 14.2. The summed E-state index contributed by atoms with van der Waals surface area (Å²) >= 11 is 1.54. The van der Waals surface area contributed by atoms with Crippen molar-refractivity contribution in [3.05, 3.63) is 34.5 Å². The second-order valence-electron chi connectivity index (χ2n) is 4.10. The molecule has 0 saturated carbocycles. The van der Waals surface area contributed by atoms with E-state index in [4.69, 9.17) is 15.2 Å². The van der Waals surface area contributed by atoms with E-state index in [0.29, 0.717) is 29.3 Å². The van der Waals surface area contributed by atoms with Gasteiger partial charge in [0.05, 0.1) is 32.0 Å². The summed E-state index contributed by atoms with van der Waals surface area (Å²) in [6, 6.07) is 7.11. The highest BCUT2D eigenvalue weighted by Crippen LogP contribution is 2.34. The van der Waals surface area contributed by atoms with Crippen LogP contribution in [-0.2, 0) is 11.2 Å². The van der Waals surface area contributed by atoms with Gasteiger partial charge in [0.15, 0.2) is 11.5 Å². The summed E-state index contributed by atoms with van der Waals surface area (Å²) in [5.74, 6) is 0.931. The molecule has 5 nitrogen and oxygen atoms in total. The second-order valence-corrected chi connectivity index (χ2v) is 5.13. The van der Waals surface area contributed by atoms with Gasteiger partial charge in [0.1, 0.15) is 0 Å². The van der Waals surface area contributed by atoms with E-state index in [2.05, 4.69) is 5.32 Å². The summed E-state index contributed by atoms with van der Waals surface area (Å²) < 4.78 is 10.3. The summed E-state index contributed by atoms with van der Waals surface area (Å²) in [5, 5.41) is 4.72. The van der Waals surface area contributed by atoms with Crippen molar-refractivity contribution in [1.29, 1.82) is 0 Å². The van der Waals surface area contributed by atoms with E-state index in [1.54, 1.807) is 23.5 Å². The summed E-state index contributed by atoms with van der Waals surface area (Å²) in [4.78, 5) is 13.0. The first-order valence-corrected chi connectivity index (χ1v) is 6.85. The van der Waals surface area contributed by atoms with Gasteiger partial charge >= 0.3 is 0 Å². The Labute approximate surface area is 121 Å². The number of ether oxygens (including phenoxy) is 2. The van der Waals surface area contributed by atoms with Crippen LogP contribution in [0.5, 0.6) is 11.5 Å². The number of hydrogen-bond donors (Lipinski definition) is 2. The zero-order valence-electron chi connectivity index (χ0n) is 11.3. The third-order valence-electron chi connectivity index (χ3n) is 2.74. The molecule has 6 heteroatoms. The molecule has 106 valence electrons. The number of nitrogens with two attached hydrogens (primary N) is 1. The molecule has 1 aromatic carbocycles. The van der Waals surface area contributed by atoms with Gasteiger partial charge in [-0.1, -0.05) is 6.07 Å².